The molecule has 2 aromatic rings. The predicted octanol–water partition coefficient (Wildman–Crippen LogP) is 3.80. The Morgan fingerprint density at radius 1 is 1.24 bits per heavy atom. The molecule has 1 heterocycles. The number of benzene rings is 1. The molecule has 0 saturated carbocycles. The summed E-state index contributed by atoms with van der Waals surface area (Å²) in [5.74, 6) is 1.50. The van der Waals surface area contributed by atoms with Gasteiger partial charge in [0.1, 0.15) is 5.75 Å². The van der Waals surface area contributed by atoms with Gasteiger partial charge in [0.05, 0.1) is 25.1 Å². The number of thiocarbonyl (C=S) groups is 1. The molecule has 0 spiro atoms. The van der Waals surface area contributed by atoms with Crippen LogP contribution in [0.3, 0.4) is 0 Å². The molecule has 2 N–H and O–H groups in total. The molecule has 5 nitrogen and oxygen atoms in total. The first-order valence-corrected chi connectivity index (χ1v) is 8.78. The molecule has 134 valence electrons. The van der Waals surface area contributed by atoms with Crippen molar-refractivity contribution < 1.29 is 9.47 Å². The van der Waals surface area contributed by atoms with Crippen LogP contribution in [0.25, 0.3) is 0 Å². The topological polar surface area (TPSA) is 55.4 Å². The molecule has 0 fully saturated rings. The summed E-state index contributed by atoms with van der Waals surface area (Å²) >= 11 is 5.29. The molecule has 0 bridgehead atoms. The van der Waals surface area contributed by atoms with Crippen molar-refractivity contribution >= 4 is 23.0 Å². The molecule has 1 aromatic carbocycles. The van der Waals surface area contributed by atoms with E-state index in [0.29, 0.717) is 11.0 Å². The van der Waals surface area contributed by atoms with Gasteiger partial charge in [0.15, 0.2) is 5.11 Å². The number of hydrogen-bond donors (Lipinski definition) is 2. The fraction of sp³-hybridized carbons (Fsp3) is 0.368. The molecule has 0 saturated heterocycles. The third-order valence-electron chi connectivity index (χ3n) is 3.40. The first-order valence-electron chi connectivity index (χ1n) is 8.37. The number of anilines is 1. The Bertz CT molecular complexity index is 675. The van der Waals surface area contributed by atoms with E-state index in [0.717, 1.165) is 30.8 Å². The molecule has 1 aromatic heterocycles. The van der Waals surface area contributed by atoms with Gasteiger partial charge in [-0.2, -0.15) is 0 Å². The van der Waals surface area contributed by atoms with E-state index in [2.05, 4.69) is 27.8 Å². The third kappa shape index (κ3) is 6.97. The zero-order valence-electron chi connectivity index (χ0n) is 14.9. The second-order valence-electron chi connectivity index (χ2n) is 5.89. The lowest BCUT2D eigenvalue weighted by molar-refractivity contribution is 0.242. The maximum atomic E-state index is 5.72. The summed E-state index contributed by atoms with van der Waals surface area (Å²) in [5.41, 5.74) is 2.09. The highest BCUT2D eigenvalue weighted by Crippen LogP contribution is 2.16. The van der Waals surface area contributed by atoms with E-state index in [-0.39, 0.29) is 6.10 Å². The van der Waals surface area contributed by atoms with E-state index < -0.39 is 0 Å². The van der Waals surface area contributed by atoms with Crippen LogP contribution in [-0.4, -0.2) is 29.9 Å². The van der Waals surface area contributed by atoms with Crippen LogP contribution in [-0.2, 0) is 6.42 Å². The third-order valence-corrected chi connectivity index (χ3v) is 3.65. The minimum absolute atomic E-state index is 0.188. The molecule has 6 heteroatoms. The van der Waals surface area contributed by atoms with Crippen LogP contribution >= 0.6 is 12.2 Å². The average molecular weight is 359 g/mol. The number of rotatable bonds is 8. The lowest BCUT2D eigenvalue weighted by Gasteiger charge is -2.12. The van der Waals surface area contributed by atoms with E-state index in [4.69, 9.17) is 21.7 Å². The summed E-state index contributed by atoms with van der Waals surface area (Å²) in [5, 5.41) is 6.90. The van der Waals surface area contributed by atoms with Crippen LogP contribution in [0.2, 0.25) is 0 Å². The van der Waals surface area contributed by atoms with Gasteiger partial charge in [0.25, 0.3) is 0 Å². The number of aromatic nitrogens is 1. The van der Waals surface area contributed by atoms with Crippen molar-refractivity contribution in [1.82, 2.24) is 10.3 Å². The second-order valence-corrected chi connectivity index (χ2v) is 6.30. The largest absolute Gasteiger partial charge is 0.491 e. The van der Waals surface area contributed by atoms with Crippen LogP contribution in [0.4, 0.5) is 5.69 Å². The number of hydrogen-bond acceptors (Lipinski definition) is 4. The molecule has 0 radical (unpaired) electrons. The van der Waals surface area contributed by atoms with Gasteiger partial charge in [-0.25, -0.2) is 4.98 Å². The van der Waals surface area contributed by atoms with Gasteiger partial charge in [-0.05, 0) is 62.7 Å². The molecule has 2 rings (SSSR count). The Morgan fingerprint density at radius 2 is 2.08 bits per heavy atom. The van der Waals surface area contributed by atoms with Crippen molar-refractivity contribution in [3.05, 3.63) is 48.2 Å². The Morgan fingerprint density at radius 3 is 2.76 bits per heavy atom. The van der Waals surface area contributed by atoms with E-state index in [1.165, 1.54) is 5.56 Å². The summed E-state index contributed by atoms with van der Waals surface area (Å²) in [6, 6.07) is 11.9. The van der Waals surface area contributed by atoms with Crippen molar-refractivity contribution in [3.63, 3.8) is 0 Å². The zero-order valence-corrected chi connectivity index (χ0v) is 15.7. The Kier molecular flexibility index (Phi) is 7.47. The van der Waals surface area contributed by atoms with Crippen molar-refractivity contribution in [2.24, 2.45) is 0 Å². The maximum Gasteiger partial charge on any atom is 0.213 e. The van der Waals surface area contributed by atoms with Gasteiger partial charge in [-0.1, -0.05) is 12.1 Å². The number of nitrogens with one attached hydrogen (secondary N) is 2. The van der Waals surface area contributed by atoms with Crippen molar-refractivity contribution in [1.29, 1.82) is 0 Å². The standard InChI is InChI=1S/C19H25N3O2S/c1-14(2)24-17-8-4-6-15(12-17)7-5-11-20-19(25)22-16-9-10-18(23-3)21-13-16/h4,6,8-10,12-14H,5,7,11H2,1-3H3,(H2,20,22,25). The first kappa shape index (κ1) is 19.0. The van der Waals surface area contributed by atoms with Crippen molar-refractivity contribution in [2.75, 3.05) is 19.0 Å². The highest BCUT2D eigenvalue weighted by molar-refractivity contribution is 7.80. The molecular formula is C19H25N3O2S. The lowest BCUT2D eigenvalue weighted by atomic mass is 10.1. The molecule has 0 aliphatic heterocycles. The van der Waals surface area contributed by atoms with Crippen LogP contribution in [0.15, 0.2) is 42.6 Å². The molecule has 0 aliphatic rings. The smallest absolute Gasteiger partial charge is 0.213 e. The minimum Gasteiger partial charge on any atom is -0.491 e. The quantitative estimate of drug-likeness (QED) is 0.552. The molecule has 0 aliphatic carbocycles. The molecule has 0 amide bonds. The Balaban J connectivity index is 1.70. The van der Waals surface area contributed by atoms with Crippen LogP contribution in [0.1, 0.15) is 25.8 Å². The number of ether oxygens (including phenoxy) is 2. The summed E-state index contributed by atoms with van der Waals surface area (Å²) in [6.45, 7) is 4.86. The monoisotopic (exact) mass is 359 g/mol. The number of aryl methyl sites for hydroxylation is 1. The van der Waals surface area contributed by atoms with E-state index in [9.17, 15) is 0 Å². The van der Waals surface area contributed by atoms with Crippen LogP contribution < -0.4 is 20.1 Å². The summed E-state index contributed by atoms with van der Waals surface area (Å²) in [7, 11) is 1.59. The average Bonchev–Trinajstić information content (AvgIpc) is 2.59. The van der Waals surface area contributed by atoms with Crippen molar-refractivity contribution in [2.45, 2.75) is 32.8 Å². The number of nitrogens with zero attached hydrogens (tertiary/aromatic N) is 1. The molecular weight excluding hydrogens is 334 g/mol. The lowest BCUT2D eigenvalue weighted by Crippen LogP contribution is -2.29. The zero-order chi connectivity index (χ0) is 18.1. The van der Waals surface area contributed by atoms with Gasteiger partial charge < -0.3 is 20.1 Å². The molecule has 25 heavy (non-hydrogen) atoms. The summed E-state index contributed by atoms with van der Waals surface area (Å²) in [4.78, 5) is 4.13. The van der Waals surface area contributed by atoms with Crippen LogP contribution in [0, 0.1) is 0 Å². The normalized spacial score (nSPS) is 10.4. The second kappa shape index (κ2) is 9.84. The minimum atomic E-state index is 0.188. The highest BCUT2D eigenvalue weighted by atomic mass is 32.1. The van der Waals surface area contributed by atoms with Crippen molar-refractivity contribution in [3.8, 4) is 11.6 Å². The maximum absolute atomic E-state index is 5.72. The summed E-state index contributed by atoms with van der Waals surface area (Å²) in [6.07, 6.45) is 3.82. The molecule has 0 unspecified atom stereocenters. The fourth-order valence-electron chi connectivity index (χ4n) is 2.29. The Labute approximate surface area is 154 Å². The van der Waals surface area contributed by atoms with E-state index in [1.807, 2.05) is 32.0 Å². The fourth-order valence-corrected chi connectivity index (χ4v) is 2.51. The SMILES string of the molecule is COc1ccc(NC(=S)NCCCc2cccc(OC(C)C)c2)cn1. The van der Waals surface area contributed by atoms with Gasteiger partial charge in [0, 0.05) is 12.6 Å². The number of methoxy groups -OCH3 is 1. The predicted molar refractivity (Wildman–Crippen MR) is 106 cm³/mol. The Hall–Kier alpha value is -2.34. The van der Waals surface area contributed by atoms with Gasteiger partial charge in [-0.3, -0.25) is 0 Å². The summed E-state index contributed by atoms with van der Waals surface area (Å²) < 4.78 is 10.7. The van der Waals surface area contributed by atoms with Gasteiger partial charge >= 0.3 is 0 Å². The van der Waals surface area contributed by atoms with E-state index >= 15 is 0 Å². The number of pyridine rings is 1. The van der Waals surface area contributed by atoms with Gasteiger partial charge in [-0.15, -0.1) is 0 Å². The van der Waals surface area contributed by atoms with E-state index in [1.54, 1.807) is 19.4 Å². The molecule has 0 atom stereocenters. The first-order chi connectivity index (χ1) is 12.1. The van der Waals surface area contributed by atoms with Crippen LogP contribution in [0.5, 0.6) is 11.6 Å². The highest BCUT2D eigenvalue weighted by Gasteiger charge is 2.01. The van der Waals surface area contributed by atoms with Gasteiger partial charge in [0.2, 0.25) is 5.88 Å².